The van der Waals surface area contributed by atoms with Gasteiger partial charge in [-0.25, -0.2) is 9.67 Å². The van der Waals surface area contributed by atoms with Gasteiger partial charge in [-0.2, -0.15) is 5.10 Å². The highest BCUT2D eigenvalue weighted by Gasteiger charge is 2.17. The van der Waals surface area contributed by atoms with E-state index in [1.165, 1.54) is 5.57 Å². The first-order chi connectivity index (χ1) is 13.6. The molecule has 1 aliphatic heterocycles. The van der Waals surface area contributed by atoms with Gasteiger partial charge in [0, 0.05) is 38.1 Å². The summed E-state index contributed by atoms with van der Waals surface area (Å²) in [6.45, 7) is 4.48. The van der Waals surface area contributed by atoms with Crippen LogP contribution in [0.15, 0.2) is 53.3 Å². The van der Waals surface area contributed by atoms with Crippen molar-refractivity contribution in [3.05, 3.63) is 71.6 Å². The number of carbonyl (C=O) groups is 1. The molecule has 4 rings (SSSR count). The highest BCUT2D eigenvalue weighted by molar-refractivity contribution is 5.91. The number of carbonyl (C=O) groups excluding carboxylic acids is 1. The van der Waals surface area contributed by atoms with Gasteiger partial charge in [-0.15, -0.1) is 0 Å². The smallest absolute Gasteiger partial charge is 0.286 e. The van der Waals surface area contributed by atoms with Crippen LogP contribution in [0.25, 0.3) is 11.4 Å². The van der Waals surface area contributed by atoms with Crippen molar-refractivity contribution in [3.63, 3.8) is 0 Å². The highest BCUT2D eigenvalue weighted by Crippen LogP contribution is 2.24. The number of nitrogens with zero attached hydrogens (tertiary/aromatic N) is 4. The second kappa shape index (κ2) is 7.82. The van der Waals surface area contributed by atoms with Crippen LogP contribution in [-0.4, -0.2) is 45.7 Å². The van der Waals surface area contributed by atoms with Crippen LogP contribution < -0.4 is 5.32 Å². The molecule has 28 heavy (non-hydrogen) atoms. The summed E-state index contributed by atoms with van der Waals surface area (Å²) in [7, 11) is 1.60. The van der Waals surface area contributed by atoms with Crippen LogP contribution >= 0.6 is 0 Å². The van der Waals surface area contributed by atoms with E-state index in [1.807, 2.05) is 42.2 Å². The fourth-order valence-corrected chi connectivity index (χ4v) is 3.37. The zero-order chi connectivity index (χ0) is 19.5. The van der Waals surface area contributed by atoms with Gasteiger partial charge in [-0.1, -0.05) is 12.1 Å². The molecule has 4 heterocycles. The lowest BCUT2D eigenvalue weighted by Crippen LogP contribution is -2.27. The minimum absolute atomic E-state index is 0.202. The van der Waals surface area contributed by atoms with E-state index in [9.17, 15) is 4.79 Å². The van der Waals surface area contributed by atoms with Gasteiger partial charge in [-0.3, -0.25) is 9.69 Å². The molecular weight excluding hydrogens is 354 g/mol. The molecule has 1 amide bonds. The molecule has 0 spiro atoms. The molecule has 1 aliphatic rings. The van der Waals surface area contributed by atoms with Gasteiger partial charge < -0.3 is 9.73 Å². The van der Waals surface area contributed by atoms with Gasteiger partial charge in [0.05, 0.1) is 12.7 Å². The lowest BCUT2D eigenvalue weighted by atomic mass is 10.0. The number of amides is 1. The van der Waals surface area contributed by atoms with E-state index >= 15 is 0 Å². The molecule has 1 N–H and O–H groups in total. The molecule has 144 valence electrons. The monoisotopic (exact) mass is 377 g/mol. The zero-order valence-corrected chi connectivity index (χ0v) is 16.1. The first kappa shape index (κ1) is 18.2. The van der Waals surface area contributed by atoms with Crippen molar-refractivity contribution in [1.82, 2.24) is 25.0 Å². The van der Waals surface area contributed by atoms with Gasteiger partial charge in [0.15, 0.2) is 11.6 Å². The van der Waals surface area contributed by atoms with E-state index in [-0.39, 0.29) is 5.91 Å². The molecular formula is C21H23N5O2. The Kier molecular flexibility index (Phi) is 5.08. The van der Waals surface area contributed by atoms with Crippen molar-refractivity contribution >= 4 is 11.5 Å². The third-order valence-electron chi connectivity index (χ3n) is 4.94. The lowest BCUT2D eigenvalue weighted by molar-refractivity contribution is 0.0932. The van der Waals surface area contributed by atoms with E-state index in [2.05, 4.69) is 26.4 Å². The first-order valence-electron chi connectivity index (χ1n) is 9.33. The second-order valence-corrected chi connectivity index (χ2v) is 6.88. The Hall–Kier alpha value is -3.19. The number of nitrogens with one attached hydrogen (secondary N) is 1. The summed E-state index contributed by atoms with van der Waals surface area (Å²) in [6.07, 6.45) is 8.90. The SMILES string of the molecule is CNC(=O)c1ccc(CN2CC=C(c3cnn(-c4ncccc4C)c3)CC2)o1. The molecule has 3 aromatic rings. The molecule has 0 fully saturated rings. The number of rotatable bonds is 5. The molecule has 0 saturated carbocycles. The third-order valence-corrected chi connectivity index (χ3v) is 4.94. The number of hydrogen-bond acceptors (Lipinski definition) is 5. The summed E-state index contributed by atoms with van der Waals surface area (Å²) >= 11 is 0. The Labute approximate surface area is 163 Å². The summed E-state index contributed by atoms with van der Waals surface area (Å²) in [5, 5.41) is 7.05. The largest absolute Gasteiger partial charge is 0.455 e. The average Bonchev–Trinajstić information content (AvgIpc) is 3.38. The molecule has 0 unspecified atom stereocenters. The van der Waals surface area contributed by atoms with E-state index in [0.717, 1.165) is 42.2 Å². The maximum Gasteiger partial charge on any atom is 0.286 e. The van der Waals surface area contributed by atoms with Crippen molar-refractivity contribution in [2.75, 3.05) is 20.1 Å². The summed E-state index contributed by atoms with van der Waals surface area (Å²) in [4.78, 5) is 18.3. The van der Waals surface area contributed by atoms with Crippen molar-refractivity contribution in [2.24, 2.45) is 0 Å². The summed E-state index contributed by atoms with van der Waals surface area (Å²) in [6, 6.07) is 7.54. The Morgan fingerprint density at radius 2 is 2.21 bits per heavy atom. The standard InChI is InChI=1S/C21H23N5O2/c1-15-4-3-9-23-20(15)26-13-17(12-24-26)16-7-10-25(11-8-16)14-18-5-6-19(28-18)21(27)22-2/h3-7,9,12-13H,8,10-11,14H2,1-2H3,(H,22,27). The van der Waals surface area contributed by atoms with Crippen LogP contribution in [0.1, 0.15) is 33.9 Å². The molecule has 0 aliphatic carbocycles. The van der Waals surface area contributed by atoms with Gasteiger partial charge in [0.2, 0.25) is 0 Å². The maximum atomic E-state index is 11.6. The minimum atomic E-state index is -0.202. The van der Waals surface area contributed by atoms with E-state index in [4.69, 9.17) is 4.42 Å². The van der Waals surface area contributed by atoms with Crippen molar-refractivity contribution in [2.45, 2.75) is 19.9 Å². The number of aryl methyl sites for hydroxylation is 1. The minimum Gasteiger partial charge on any atom is -0.455 e. The Balaban J connectivity index is 1.41. The van der Waals surface area contributed by atoms with Crippen LogP contribution in [0.5, 0.6) is 0 Å². The first-order valence-corrected chi connectivity index (χ1v) is 9.33. The second-order valence-electron chi connectivity index (χ2n) is 6.88. The zero-order valence-electron chi connectivity index (χ0n) is 16.1. The number of pyridine rings is 1. The van der Waals surface area contributed by atoms with Crippen LogP contribution in [-0.2, 0) is 6.54 Å². The average molecular weight is 377 g/mol. The fourth-order valence-electron chi connectivity index (χ4n) is 3.37. The molecule has 3 aromatic heterocycles. The van der Waals surface area contributed by atoms with Crippen LogP contribution in [0.2, 0.25) is 0 Å². The van der Waals surface area contributed by atoms with E-state index < -0.39 is 0 Å². The van der Waals surface area contributed by atoms with Crippen LogP contribution in [0.4, 0.5) is 0 Å². The van der Waals surface area contributed by atoms with Gasteiger partial charge in [-0.05, 0) is 42.7 Å². The molecule has 0 aromatic carbocycles. The van der Waals surface area contributed by atoms with Crippen molar-refractivity contribution < 1.29 is 9.21 Å². The molecule has 0 atom stereocenters. The quantitative estimate of drug-likeness (QED) is 0.740. The number of hydrogen-bond donors (Lipinski definition) is 1. The number of furan rings is 1. The van der Waals surface area contributed by atoms with Crippen molar-refractivity contribution in [1.29, 1.82) is 0 Å². The molecule has 0 radical (unpaired) electrons. The molecule has 0 saturated heterocycles. The predicted octanol–water partition coefficient (Wildman–Crippen LogP) is 2.82. The number of aromatic nitrogens is 3. The van der Waals surface area contributed by atoms with Crippen LogP contribution in [0, 0.1) is 6.92 Å². The van der Waals surface area contributed by atoms with E-state index in [0.29, 0.717) is 12.3 Å². The molecule has 7 nitrogen and oxygen atoms in total. The Morgan fingerprint density at radius 3 is 2.96 bits per heavy atom. The molecule has 0 bridgehead atoms. The lowest BCUT2D eigenvalue weighted by Gasteiger charge is -2.25. The Morgan fingerprint density at radius 1 is 1.32 bits per heavy atom. The van der Waals surface area contributed by atoms with Crippen LogP contribution in [0.3, 0.4) is 0 Å². The highest BCUT2D eigenvalue weighted by atomic mass is 16.4. The van der Waals surface area contributed by atoms with Gasteiger partial charge in [0.25, 0.3) is 5.91 Å². The normalized spacial score (nSPS) is 14.7. The summed E-state index contributed by atoms with van der Waals surface area (Å²) in [5.74, 6) is 1.81. The third kappa shape index (κ3) is 3.75. The van der Waals surface area contributed by atoms with E-state index in [1.54, 1.807) is 19.3 Å². The maximum absolute atomic E-state index is 11.6. The summed E-state index contributed by atoms with van der Waals surface area (Å²) < 4.78 is 7.45. The topological polar surface area (TPSA) is 76.2 Å². The fraction of sp³-hybridized carbons (Fsp3) is 0.286. The van der Waals surface area contributed by atoms with Gasteiger partial charge >= 0.3 is 0 Å². The van der Waals surface area contributed by atoms with Gasteiger partial charge in [0.1, 0.15) is 5.76 Å². The summed E-state index contributed by atoms with van der Waals surface area (Å²) in [5.41, 5.74) is 3.52. The molecule has 7 heteroatoms. The van der Waals surface area contributed by atoms with Crippen molar-refractivity contribution in [3.8, 4) is 5.82 Å². The predicted molar refractivity (Wildman–Crippen MR) is 106 cm³/mol. The Bertz CT molecular complexity index is 1020.